The third-order valence-corrected chi connectivity index (χ3v) is 6.69. The summed E-state index contributed by atoms with van der Waals surface area (Å²) < 4.78 is 23.6. The number of rotatable bonds is 13. The first-order valence-electron chi connectivity index (χ1n) is 13.1. The van der Waals surface area contributed by atoms with Crippen LogP contribution in [0.1, 0.15) is 53.8 Å². The number of nitrogens with one attached hydrogen (secondary N) is 1. The summed E-state index contributed by atoms with van der Waals surface area (Å²) in [7, 11) is 0. The van der Waals surface area contributed by atoms with Gasteiger partial charge in [0.25, 0.3) is 0 Å². The molecule has 0 radical (unpaired) electrons. The standard InChI is InChI=1S/C29H38N2O7/c1-20-21(2)26(38-28(34)23-13-7-4-8-14-23)29(35-18-9-15-25(32)31-17-10-16-30)37-24(20)19-36-27(33)22-11-5-3-6-12-22/h3-8,11-14,20-21,24,26,29H,9-10,15-19,30H2,1-2H3,(H,31,32)/t20-,21-,24?,26?,29+/m0/s1. The summed E-state index contributed by atoms with van der Waals surface area (Å²) in [6.45, 7) is 5.25. The van der Waals surface area contributed by atoms with Crippen LogP contribution in [0.2, 0.25) is 0 Å². The van der Waals surface area contributed by atoms with E-state index in [0.717, 1.165) is 6.42 Å². The van der Waals surface area contributed by atoms with Crippen molar-refractivity contribution in [2.45, 2.75) is 51.6 Å². The summed E-state index contributed by atoms with van der Waals surface area (Å²) in [4.78, 5) is 37.3. The van der Waals surface area contributed by atoms with E-state index in [9.17, 15) is 14.4 Å². The normalized spacial score (nSPS) is 22.9. The van der Waals surface area contributed by atoms with Gasteiger partial charge >= 0.3 is 11.9 Å². The van der Waals surface area contributed by atoms with Crippen LogP contribution in [0.25, 0.3) is 0 Å². The van der Waals surface area contributed by atoms with E-state index in [1.807, 2.05) is 26.0 Å². The Hall–Kier alpha value is -3.27. The lowest BCUT2D eigenvalue weighted by Gasteiger charge is -2.43. The molecule has 9 heteroatoms. The van der Waals surface area contributed by atoms with Gasteiger partial charge in [0.15, 0.2) is 12.4 Å². The lowest BCUT2D eigenvalue weighted by molar-refractivity contribution is -0.274. The van der Waals surface area contributed by atoms with Crippen molar-refractivity contribution in [2.24, 2.45) is 17.6 Å². The second-order valence-electron chi connectivity index (χ2n) is 9.43. The van der Waals surface area contributed by atoms with Crippen molar-refractivity contribution in [3.63, 3.8) is 0 Å². The van der Waals surface area contributed by atoms with Crippen LogP contribution in [0.15, 0.2) is 60.7 Å². The lowest BCUT2D eigenvalue weighted by Crippen LogP contribution is -2.53. The highest BCUT2D eigenvalue weighted by Gasteiger charge is 2.45. The largest absolute Gasteiger partial charge is 0.459 e. The van der Waals surface area contributed by atoms with Crippen LogP contribution < -0.4 is 11.1 Å². The summed E-state index contributed by atoms with van der Waals surface area (Å²) in [5.41, 5.74) is 6.34. The molecular weight excluding hydrogens is 488 g/mol. The molecule has 0 bridgehead atoms. The molecule has 1 saturated heterocycles. The molecular formula is C29H38N2O7. The van der Waals surface area contributed by atoms with E-state index < -0.39 is 30.4 Å². The zero-order valence-corrected chi connectivity index (χ0v) is 22.0. The Labute approximate surface area is 224 Å². The molecule has 9 nitrogen and oxygen atoms in total. The van der Waals surface area contributed by atoms with Gasteiger partial charge in [-0.15, -0.1) is 0 Å². The summed E-state index contributed by atoms with van der Waals surface area (Å²) in [6.07, 6.45) is -0.555. The van der Waals surface area contributed by atoms with Gasteiger partial charge in [-0.05, 0) is 49.6 Å². The van der Waals surface area contributed by atoms with Crippen molar-refractivity contribution in [3.05, 3.63) is 71.8 Å². The highest BCUT2D eigenvalue weighted by atomic mass is 16.7. The minimum absolute atomic E-state index is 0.0298. The second kappa shape index (κ2) is 15.2. The van der Waals surface area contributed by atoms with E-state index >= 15 is 0 Å². The van der Waals surface area contributed by atoms with E-state index in [1.165, 1.54) is 0 Å². The first-order valence-corrected chi connectivity index (χ1v) is 13.1. The molecule has 3 N–H and O–H groups in total. The molecule has 1 heterocycles. The van der Waals surface area contributed by atoms with Crippen LogP contribution >= 0.6 is 0 Å². The molecule has 0 aliphatic carbocycles. The van der Waals surface area contributed by atoms with Gasteiger partial charge < -0.3 is 30.0 Å². The summed E-state index contributed by atoms with van der Waals surface area (Å²) in [5.74, 6) is -1.24. The number of ether oxygens (including phenoxy) is 4. The molecule has 2 unspecified atom stereocenters. The fourth-order valence-corrected chi connectivity index (χ4v) is 4.18. The lowest BCUT2D eigenvalue weighted by atomic mass is 9.83. The molecule has 1 fully saturated rings. The third kappa shape index (κ3) is 8.65. The molecule has 0 spiro atoms. The van der Waals surface area contributed by atoms with Crippen LogP contribution in [-0.2, 0) is 23.7 Å². The molecule has 206 valence electrons. The monoisotopic (exact) mass is 526 g/mol. The molecule has 1 aliphatic rings. The predicted octanol–water partition coefficient (Wildman–Crippen LogP) is 3.33. The Morgan fingerprint density at radius 2 is 1.53 bits per heavy atom. The maximum atomic E-state index is 12.8. The zero-order chi connectivity index (χ0) is 27.3. The van der Waals surface area contributed by atoms with Crippen molar-refractivity contribution in [1.29, 1.82) is 0 Å². The van der Waals surface area contributed by atoms with Gasteiger partial charge in [-0.25, -0.2) is 9.59 Å². The minimum atomic E-state index is -0.880. The summed E-state index contributed by atoms with van der Waals surface area (Å²) in [6, 6.07) is 17.5. The van der Waals surface area contributed by atoms with E-state index in [4.69, 9.17) is 24.7 Å². The fourth-order valence-electron chi connectivity index (χ4n) is 4.18. The summed E-state index contributed by atoms with van der Waals surface area (Å²) >= 11 is 0. The number of hydrogen-bond acceptors (Lipinski definition) is 8. The van der Waals surface area contributed by atoms with Crippen LogP contribution in [0, 0.1) is 11.8 Å². The number of carbonyl (C=O) groups excluding carboxylic acids is 3. The molecule has 0 saturated carbocycles. The Morgan fingerprint density at radius 3 is 2.16 bits per heavy atom. The van der Waals surface area contributed by atoms with Crippen molar-refractivity contribution in [1.82, 2.24) is 5.32 Å². The highest BCUT2D eigenvalue weighted by Crippen LogP contribution is 2.34. The van der Waals surface area contributed by atoms with Gasteiger partial charge in [-0.2, -0.15) is 0 Å². The maximum absolute atomic E-state index is 12.8. The fraction of sp³-hybridized carbons (Fsp3) is 0.483. The van der Waals surface area contributed by atoms with Gasteiger partial charge in [-0.1, -0.05) is 50.2 Å². The van der Waals surface area contributed by atoms with E-state index in [1.54, 1.807) is 48.5 Å². The average molecular weight is 527 g/mol. The van der Waals surface area contributed by atoms with Crippen molar-refractivity contribution >= 4 is 17.8 Å². The number of amides is 1. The van der Waals surface area contributed by atoms with E-state index in [-0.39, 0.29) is 37.4 Å². The van der Waals surface area contributed by atoms with Gasteiger partial charge in [-0.3, -0.25) is 4.79 Å². The van der Waals surface area contributed by atoms with Crippen LogP contribution in [0.5, 0.6) is 0 Å². The first kappa shape index (κ1) is 29.3. The van der Waals surface area contributed by atoms with Gasteiger partial charge in [0, 0.05) is 18.9 Å². The number of esters is 2. The highest BCUT2D eigenvalue weighted by molar-refractivity contribution is 5.89. The first-order chi connectivity index (χ1) is 18.4. The molecule has 5 atom stereocenters. The maximum Gasteiger partial charge on any atom is 0.338 e. The molecule has 1 aliphatic heterocycles. The van der Waals surface area contributed by atoms with E-state index in [2.05, 4.69) is 5.32 Å². The predicted molar refractivity (Wildman–Crippen MR) is 141 cm³/mol. The van der Waals surface area contributed by atoms with Gasteiger partial charge in [0.1, 0.15) is 6.61 Å². The van der Waals surface area contributed by atoms with Gasteiger partial charge in [0.2, 0.25) is 5.91 Å². The molecule has 38 heavy (non-hydrogen) atoms. The number of carbonyl (C=O) groups is 3. The Kier molecular flexibility index (Phi) is 11.7. The van der Waals surface area contributed by atoms with Gasteiger partial charge in [0.05, 0.1) is 23.8 Å². The minimum Gasteiger partial charge on any atom is -0.459 e. The van der Waals surface area contributed by atoms with Crippen molar-refractivity contribution in [2.75, 3.05) is 26.3 Å². The van der Waals surface area contributed by atoms with Crippen LogP contribution in [0.3, 0.4) is 0 Å². The quantitative estimate of drug-likeness (QED) is 0.301. The molecule has 0 aromatic heterocycles. The average Bonchev–Trinajstić information content (AvgIpc) is 2.94. The zero-order valence-electron chi connectivity index (χ0n) is 22.0. The smallest absolute Gasteiger partial charge is 0.338 e. The van der Waals surface area contributed by atoms with Crippen LogP contribution in [0.4, 0.5) is 0 Å². The van der Waals surface area contributed by atoms with Crippen molar-refractivity contribution in [3.8, 4) is 0 Å². The number of benzene rings is 2. The SMILES string of the molecule is C[C@@H]1C(COC(=O)c2ccccc2)O[C@@H](OCCCC(=O)NCCCN)C(OC(=O)c2ccccc2)[C@H]1C. The Balaban J connectivity index is 1.62. The Bertz CT molecular complexity index is 1020. The second-order valence-corrected chi connectivity index (χ2v) is 9.43. The molecule has 2 aromatic rings. The third-order valence-electron chi connectivity index (χ3n) is 6.69. The topological polar surface area (TPSA) is 126 Å². The number of nitrogens with two attached hydrogens (primary N) is 1. The molecule has 3 rings (SSSR count). The summed E-state index contributed by atoms with van der Waals surface area (Å²) in [5, 5.41) is 2.81. The Morgan fingerprint density at radius 1 is 0.895 bits per heavy atom. The van der Waals surface area contributed by atoms with Crippen LogP contribution in [-0.4, -0.2) is 62.6 Å². The molecule has 2 aromatic carbocycles. The van der Waals surface area contributed by atoms with E-state index in [0.29, 0.717) is 30.6 Å². The van der Waals surface area contributed by atoms with Crippen molar-refractivity contribution < 1.29 is 33.3 Å². The number of hydrogen-bond donors (Lipinski definition) is 2. The molecule has 1 amide bonds.